The molecule has 29 heavy (non-hydrogen) atoms. The third-order valence-electron chi connectivity index (χ3n) is 5.78. The standard InChI is InChI=1S/C25H36O3Si/c1-20(16-17-24(27)21(2)18-26)19-28-29(25(3,4)5,22-12-8-6-9-13-22)23-14-10-7-11-15-23/h6-15,18,20-21,24,27H,16-17,19H2,1-5H3/t20-,21-,24-/m0/s1. The van der Waals surface area contributed by atoms with Crippen molar-refractivity contribution in [2.24, 2.45) is 11.8 Å². The molecule has 0 saturated carbocycles. The molecular weight excluding hydrogens is 376 g/mol. The van der Waals surface area contributed by atoms with Crippen molar-refractivity contribution in [3.8, 4) is 0 Å². The van der Waals surface area contributed by atoms with Gasteiger partial charge in [0.05, 0.1) is 6.10 Å². The first-order chi connectivity index (χ1) is 13.7. The minimum absolute atomic E-state index is 0.0407. The van der Waals surface area contributed by atoms with E-state index >= 15 is 0 Å². The number of hydrogen-bond acceptors (Lipinski definition) is 3. The van der Waals surface area contributed by atoms with E-state index in [1.165, 1.54) is 10.4 Å². The second-order valence-electron chi connectivity index (χ2n) is 9.22. The summed E-state index contributed by atoms with van der Waals surface area (Å²) in [6, 6.07) is 21.3. The SMILES string of the molecule is C[C@@H](CC[C@H](O)[C@@H](C)C=O)CO[Si](c1ccccc1)(c1ccccc1)C(C)(C)C. The Bertz CT molecular complexity index is 700. The quantitative estimate of drug-likeness (QED) is 0.470. The third-order valence-corrected chi connectivity index (χ3v) is 10.8. The highest BCUT2D eigenvalue weighted by Crippen LogP contribution is 2.37. The molecule has 0 aliphatic rings. The summed E-state index contributed by atoms with van der Waals surface area (Å²) in [7, 11) is -2.52. The normalized spacial score (nSPS) is 15.5. The van der Waals surface area contributed by atoms with E-state index in [-0.39, 0.29) is 11.0 Å². The Morgan fingerprint density at radius 2 is 1.41 bits per heavy atom. The minimum Gasteiger partial charge on any atom is -0.407 e. The Morgan fingerprint density at radius 1 is 0.931 bits per heavy atom. The largest absolute Gasteiger partial charge is 0.407 e. The number of aliphatic hydroxyl groups is 1. The van der Waals surface area contributed by atoms with E-state index in [2.05, 4.69) is 88.4 Å². The first-order valence-electron chi connectivity index (χ1n) is 10.6. The van der Waals surface area contributed by atoms with Crippen LogP contribution in [0, 0.1) is 11.8 Å². The molecule has 158 valence electrons. The van der Waals surface area contributed by atoms with Crippen LogP contribution in [-0.4, -0.2) is 32.4 Å². The van der Waals surface area contributed by atoms with Crippen LogP contribution in [0.3, 0.4) is 0 Å². The molecule has 0 bridgehead atoms. The summed E-state index contributed by atoms with van der Waals surface area (Å²) >= 11 is 0. The summed E-state index contributed by atoms with van der Waals surface area (Å²) in [5.74, 6) is -0.0232. The van der Waals surface area contributed by atoms with Gasteiger partial charge in [0, 0.05) is 12.5 Å². The van der Waals surface area contributed by atoms with Crippen LogP contribution >= 0.6 is 0 Å². The second kappa shape index (κ2) is 10.3. The number of carbonyl (C=O) groups excluding carboxylic acids is 1. The lowest BCUT2D eigenvalue weighted by Gasteiger charge is -2.43. The predicted octanol–water partition coefficient (Wildman–Crippen LogP) is 4.18. The lowest BCUT2D eigenvalue weighted by atomic mass is 9.97. The number of carbonyl (C=O) groups is 1. The van der Waals surface area contributed by atoms with Gasteiger partial charge in [-0.25, -0.2) is 0 Å². The summed E-state index contributed by atoms with van der Waals surface area (Å²) in [6.07, 6.45) is 1.69. The molecule has 3 atom stereocenters. The second-order valence-corrected chi connectivity index (χ2v) is 13.5. The topological polar surface area (TPSA) is 46.5 Å². The molecule has 0 spiro atoms. The third kappa shape index (κ3) is 5.65. The molecule has 0 aromatic heterocycles. The molecule has 3 nitrogen and oxygen atoms in total. The van der Waals surface area contributed by atoms with Crippen molar-refractivity contribution in [3.63, 3.8) is 0 Å². The van der Waals surface area contributed by atoms with Gasteiger partial charge in [-0.2, -0.15) is 0 Å². The molecule has 0 fully saturated rings. The molecule has 0 aliphatic heterocycles. The van der Waals surface area contributed by atoms with Crippen LogP contribution in [0.15, 0.2) is 60.7 Å². The first-order valence-corrected chi connectivity index (χ1v) is 12.5. The van der Waals surface area contributed by atoms with Gasteiger partial charge < -0.3 is 14.3 Å². The minimum atomic E-state index is -2.52. The molecule has 2 aromatic rings. The van der Waals surface area contributed by atoms with Crippen molar-refractivity contribution < 1.29 is 14.3 Å². The number of aliphatic hydroxyl groups excluding tert-OH is 1. The summed E-state index contributed by atoms with van der Waals surface area (Å²) in [4.78, 5) is 10.9. The Kier molecular flexibility index (Phi) is 8.38. The van der Waals surface area contributed by atoms with E-state index in [1.807, 2.05) is 0 Å². The van der Waals surface area contributed by atoms with Crippen LogP contribution in [0.4, 0.5) is 0 Å². The van der Waals surface area contributed by atoms with Crippen LogP contribution in [0.2, 0.25) is 5.04 Å². The van der Waals surface area contributed by atoms with Crippen LogP contribution in [-0.2, 0) is 9.22 Å². The molecular formula is C25H36O3Si. The van der Waals surface area contributed by atoms with E-state index in [0.29, 0.717) is 18.9 Å². The lowest BCUT2D eigenvalue weighted by Crippen LogP contribution is -2.66. The van der Waals surface area contributed by atoms with Gasteiger partial charge in [0.1, 0.15) is 6.29 Å². The Balaban J connectivity index is 2.28. The van der Waals surface area contributed by atoms with Gasteiger partial charge in [-0.15, -0.1) is 0 Å². The fraction of sp³-hybridized carbons (Fsp3) is 0.480. The number of benzene rings is 2. The fourth-order valence-electron chi connectivity index (χ4n) is 3.92. The van der Waals surface area contributed by atoms with Crippen molar-refractivity contribution in [3.05, 3.63) is 60.7 Å². The summed E-state index contributed by atoms with van der Waals surface area (Å²) in [5.41, 5.74) is 0. The van der Waals surface area contributed by atoms with E-state index in [4.69, 9.17) is 4.43 Å². The molecule has 4 heteroatoms. The van der Waals surface area contributed by atoms with Gasteiger partial charge in [-0.05, 0) is 34.2 Å². The fourth-order valence-corrected chi connectivity index (χ4v) is 8.61. The smallest absolute Gasteiger partial charge is 0.261 e. The van der Waals surface area contributed by atoms with Crippen LogP contribution < -0.4 is 10.4 Å². The zero-order chi connectivity index (χ0) is 21.5. The van der Waals surface area contributed by atoms with Crippen molar-refractivity contribution in [2.45, 2.75) is 58.6 Å². The molecule has 0 radical (unpaired) electrons. The molecule has 0 saturated heterocycles. The Hall–Kier alpha value is -1.75. The van der Waals surface area contributed by atoms with Crippen molar-refractivity contribution >= 4 is 25.0 Å². The number of aldehydes is 1. The Labute approximate surface area is 177 Å². The molecule has 2 aromatic carbocycles. The maximum absolute atomic E-state index is 10.9. The summed E-state index contributed by atoms with van der Waals surface area (Å²) in [5, 5.41) is 12.6. The highest BCUT2D eigenvalue weighted by molar-refractivity contribution is 6.99. The number of hydrogen-bond donors (Lipinski definition) is 1. The van der Waals surface area contributed by atoms with E-state index in [9.17, 15) is 9.90 Å². The van der Waals surface area contributed by atoms with E-state index < -0.39 is 14.4 Å². The van der Waals surface area contributed by atoms with Crippen LogP contribution in [0.25, 0.3) is 0 Å². The van der Waals surface area contributed by atoms with Crippen molar-refractivity contribution in [1.29, 1.82) is 0 Å². The summed E-state index contributed by atoms with van der Waals surface area (Å²) < 4.78 is 6.93. The molecule has 2 rings (SSSR count). The monoisotopic (exact) mass is 412 g/mol. The molecule has 0 amide bonds. The molecule has 0 unspecified atom stereocenters. The van der Waals surface area contributed by atoms with Gasteiger partial charge in [0.25, 0.3) is 8.32 Å². The zero-order valence-corrected chi connectivity index (χ0v) is 19.5. The lowest BCUT2D eigenvalue weighted by molar-refractivity contribution is -0.113. The van der Waals surface area contributed by atoms with Crippen molar-refractivity contribution in [2.75, 3.05) is 6.61 Å². The van der Waals surface area contributed by atoms with E-state index in [0.717, 1.165) is 12.7 Å². The zero-order valence-electron chi connectivity index (χ0n) is 18.5. The van der Waals surface area contributed by atoms with E-state index in [1.54, 1.807) is 6.92 Å². The predicted molar refractivity (Wildman–Crippen MR) is 123 cm³/mol. The highest BCUT2D eigenvalue weighted by Gasteiger charge is 2.50. The molecule has 1 N–H and O–H groups in total. The average molecular weight is 413 g/mol. The summed E-state index contributed by atoms with van der Waals surface area (Å²) in [6.45, 7) is 11.4. The maximum atomic E-state index is 10.9. The first kappa shape index (κ1) is 23.5. The number of rotatable bonds is 10. The van der Waals surface area contributed by atoms with Crippen LogP contribution in [0.1, 0.15) is 47.5 Å². The van der Waals surface area contributed by atoms with Crippen molar-refractivity contribution in [1.82, 2.24) is 0 Å². The maximum Gasteiger partial charge on any atom is 0.261 e. The van der Waals surface area contributed by atoms with Gasteiger partial charge in [-0.3, -0.25) is 0 Å². The molecule has 0 heterocycles. The van der Waals surface area contributed by atoms with Crippen LogP contribution in [0.5, 0.6) is 0 Å². The van der Waals surface area contributed by atoms with Gasteiger partial charge in [0.15, 0.2) is 0 Å². The van der Waals surface area contributed by atoms with Gasteiger partial charge in [-0.1, -0.05) is 95.3 Å². The van der Waals surface area contributed by atoms with Gasteiger partial charge >= 0.3 is 0 Å². The average Bonchev–Trinajstić information content (AvgIpc) is 2.72. The Morgan fingerprint density at radius 3 is 1.83 bits per heavy atom. The van der Waals surface area contributed by atoms with Gasteiger partial charge in [0.2, 0.25) is 0 Å². The highest BCUT2D eigenvalue weighted by atomic mass is 28.4. The molecule has 0 aliphatic carbocycles.